The highest BCUT2D eigenvalue weighted by Crippen LogP contribution is 2.35. The van der Waals surface area contributed by atoms with Crippen LogP contribution >= 0.6 is 15.9 Å². The summed E-state index contributed by atoms with van der Waals surface area (Å²) in [5.41, 5.74) is 0.668. The first-order valence-electron chi connectivity index (χ1n) is 6.81. The topological polar surface area (TPSA) is 38.3 Å². The lowest BCUT2D eigenvalue weighted by atomic mass is 9.73. The van der Waals surface area contributed by atoms with Crippen molar-refractivity contribution in [3.8, 4) is 0 Å². The fourth-order valence-electron chi connectivity index (χ4n) is 2.54. The van der Waals surface area contributed by atoms with Gasteiger partial charge in [-0.15, -0.1) is 0 Å². The van der Waals surface area contributed by atoms with E-state index in [1.54, 1.807) is 0 Å². The number of amides is 1. The molecule has 1 fully saturated rings. The van der Waals surface area contributed by atoms with Gasteiger partial charge >= 0.3 is 0 Å². The quantitative estimate of drug-likeness (QED) is 0.924. The van der Waals surface area contributed by atoms with Gasteiger partial charge in [-0.1, -0.05) is 35.0 Å². The zero-order chi connectivity index (χ0) is 13.7. The molecule has 1 heterocycles. The highest BCUT2D eigenvalue weighted by Gasteiger charge is 2.41. The molecular weight excluding hydrogens is 306 g/mol. The van der Waals surface area contributed by atoms with Crippen molar-refractivity contribution in [3.63, 3.8) is 0 Å². The zero-order valence-electron chi connectivity index (χ0n) is 11.2. The molecule has 0 atom stereocenters. The van der Waals surface area contributed by atoms with Crippen LogP contribution in [-0.2, 0) is 14.9 Å². The molecule has 1 aromatic rings. The molecular formula is C15H20BrNO2. The van der Waals surface area contributed by atoms with E-state index in [1.165, 1.54) is 0 Å². The minimum Gasteiger partial charge on any atom is -0.381 e. The Morgan fingerprint density at radius 3 is 2.53 bits per heavy atom. The fourth-order valence-corrected chi connectivity index (χ4v) is 2.81. The van der Waals surface area contributed by atoms with Crippen LogP contribution in [0, 0.1) is 0 Å². The molecule has 0 spiro atoms. The largest absolute Gasteiger partial charge is 0.381 e. The normalized spacial score (nSPS) is 18.0. The number of hydrogen-bond donors (Lipinski definition) is 1. The highest BCUT2D eigenvalue weighted by atomic mass is 79.9. The Bertz CT molecular complexity index is 424. The van der Waals surface area contributed by atoms with Gasteiger partial charge in [0, 0.05) is 24.2 Å². The second-order valence-corrected chi connectivity index (χ2v) is 5.87. The predicted octanol–water partition coefficient (Wildman–Crippen LogP) is 3.02. The third kappa shape index (κ3) is 3.18. The van der Waals surface area contributed by atoms with Gasteiger partial charge in [0.05, 0.1) is 5.41 Å². The molecule has 1 saturated heterocycles. The van der Waals surface area contributed by atoms with Gasteiger partial charge < -0.3 is 10.1 Å². The number of hydrogen-bond acceptors (Lipinski definition) is 2. The molecule has 2 rings (SSSR count). The Labute approximate surface area is 122 Å². The van der Waals surface area contributed by atoms with Crippen molar-refractivity contribution in [2.75, 3.05) is 19.8 Å². The molecule has 0 saturated carbocycles. The average Bonchev–Trinajstić information content (AvgIpc) is 2.46. The summed E-state index contributed by atoms with van der Waals surface area (Å²) in [5, 5.41) is 3.05. The van der Waals surface area contributed by atoms with Crippen LogP contribution in [0.15, 0.2) is 28.7 Å². The van der Waals surface area contributed by atoms with Crippen LogP contribution in [0.3, 0.4) is 0 Å². The first-order valence-corrected chi connectivity index (χ1v) is 7.60. The molecule has 4 heteroatoms. The second kappa shape index (κ2) is 6.53. The van der Waals surface area contributed by atoms with E-state index in [-0.39, 0.29) is 5.91 Å². The fraction of sp³-hybridized carbons (Fsp3) is 0.533. The van der Waals surface area contributed by atoms with Crippen molar-refractivity contribution in [3.05, 3.63) is 34.3 Å². The second-order valence-electron chi connectivity index (χ2n) is 4.96. The van der Waals surface area contributed by atoms with Gasteiger partial charge in [0.2, 0.25) is 5.91 Å². The molecule has 0 bridgehead atoms. The monoisotopic (exact) mass is 325 g/mol. The SMILES string of the molecule is CCCNC(=O)C1(c2ccc(Br)cc2)CCOCC1. The third-order valence-electron chi connectivity index (χ3n) is 3.71. The molecule has 1 aliphatic rings. The lowest BCUT2D eigenvalue weighted by Crippen LogP contribution is -2.48. The highest BCUT2D eigenvalue weighted by molar-refractivity contribution is 9.10. The first kappa shape index (κ1) is 14.5. The van der Waals surface area contributed by atoms with E-state index < -0.39 is 5.41 Å². The van der Waals surface area contributed by atoms with E-state index in [0.29, 0.717) is 13.2 Å². The minimum atomic E-state index is -0.422. The first-order chi connectivity index (χ1) is 9.19. The van der Waals surface area contributed by atoms with E-state index in [0.717, 1.165) is 35.8 Å². The Balaban J connectivity index is 2.28. The van der Waals surface area contributed by atoms with Crippen LogP contribution in [0.4, 0.5) is 0 Å². The predicted molar refractivity (Wildman–Crippen MR) is 79.2 cm³/mol. The maximum atomic E-state index is 12.6. The van der Waals surface area contributed by atoms with E-state index in [9.17, 15) is 4.79 Å². The summed E-state index contributed by atoms with van der Waals surface area (Å²) in [4.78, 5) is 12.6. The Hall–Kier alpha value is -0.870. The minimum absolute atomic E-state index is 0.139. The van der Waals surface area contributed by atoms with Gasteiger partial charge in [-0.05, 0) is 37.0 Å². The van der Waals surface area contributed by atoms with Crippen LogP contribution in [0.5, 0.6) is 0 Å². The van der Waals surface area contributed by atoms with Crippen LogP contribution in [-0.4, -0.2) is 25.7 Å². The van der Waals surface area contributed by atoms with Gasteiger partial charge in [-0.2, -0.15) is 0 Å². The number of ether oxygens (including phenoxy) is 1. The van der Waals surface area contributed by atoms with E-state index in [2.05, 4.69) is 28.2 Å². The zero-order valence-corrected chi connectivity index (χ0v) is 12.8. The van der Waals surface area contributed by atoms with Crippen molar-refractivity contribution in [1.82, 2.24) is 5.32 Å². The molecule has 1 aliphatic heterocycles. The van der Waals surface area contributed by atoms with Crippen LogP contribution in [0.1, 0.15) is 31.7 Å². The molecule has 0 radical (unpaired) electrons. The summed E-state index contributed by atoms with van der Waals surface area (Å²) < 4.78 is 6.47. The Morgan fingerprint density at radius 2 is 1.95 bits per heavy atom. The van der Waals surface area contributed by atoms with Gasteiger partial charge in [0.15, 0.2) is 0 Å². The summed E-state index contributed by atoms with van der Waals surface area (Å²) in [5.74, 6) is 0.139. The number of carbonyl (C=O) groups is 1. The van der Waals surface area contributed by atoms with E-state index >= 15 is 0 Å². The molecule has 104 valence electrons. The van der Waals surface area contributed by atoms with Gasteiger partial charge in [0.1, 0.15) is 0 Å². The number of benzene rings is 1. The molecule has 0 aliphatic carbocycles. The Kier molecular flexibility index (Phi) is 4.99. The number of nitrogens with one attached hydrogen (secondary N) is 1. The van der Waals surface area contributed by atoms with E-state index in [1.807, 2.05) is 24.3 Å². The molecule has 0 unspecified atom stereocenters. The molecule has 1 aromatic carbocycles. The summed E-state index contributed by atoms with van der Waals surface area (Å²) >= 11 is 3.44. The summed E-state index contributed by atoms with van der Waals surface area (Å²) in [6.07, 6.45) is 2.47. The lowest BCUT2D eigenvalue weighted by molar-refractivity contribution is -0.130. The van der Waals surface area contributed by atoms with Crippen molar-refractivity contribution in [2.45, 2.75) is 31.6 Å². The van der Waals surface area contributed by atoms with Gasteiger partial charge in [-0.25, -0.2) is 0 Å². The molecule has 1 amide bonds. The summed E-state index contributed by atoms with van der Waals surface area (Å²) in [7, 11) is 0. The molecule has 19 heavy (non-hydrogen) atoms. The molecule has 3 nitrogen and oxygen atoms in total. The number of carbonyl (C=O) groups excluding carboxylic acids is 1. The standard InChI is InChI=1S/C15H20BrNO2/c1-2-9-17-14(18)15(7-10-19-11-8-15)12-3-5-13(16)6-4-12/h3-6H,2,7-11H2,1H3,(H,17,18). The van der Waals surface area contributed by atoms with Crippen LogP contribution in [0.2, 0.25) is 0 Å². The van der Waals surface area contributed by atoms with Crippen molar-refractivity contribution >= 4 is 21.8 Å². The smallest absolute Gasteiger partial charge is 0.230 e. The summed E-state index contributed by atoms with van der Waals surface area (Å²) in [6.45, 7) is 4.10. The third-order valence-corrected chi connectivity index (χ3v) is 4.24. The average molecular weight is 326 g/mol. The van der Waals surface area contributed by atoms with Crippen molar-refractivity contribution in [1.29, 1.82) is 0 Å². The lowest BCUT2D eigenvalue weighted by Gasteiger charge is -2.36. The summed E-state index contributed by atoms with van der Waals surface area (Å²) in [6, 6.07) is 8.08. The van der Waals surface area contributed by atoms with Gasteiger partial charge in [0.25, 0.3) is 0 Å². The number of rotatable bonds is 4. The Morgan fingerprint density at radius 1 is 1.32 bits per heavy atom. The molecule has 1 N–H and O–H groups in total. The maximum absolute atomic E-state index is 12.6. The van der Waals surface area contributed by atoms with Gasteiger partial charge in [-0.3, -0.25) is 4.79 Å². The number of halogens is 1. The molecule has 0 aromatic heterocycles. The van der Waals surface area contributed by atoms with Crippen LogP contribution < -0.4 is 5.32 Å². The van der Waals surface area contributed by atoms with E-state index in [4.69, 9.17) is 4.74 Å². The van der Waals surface area contributed by atoms with Crippen molar-refractivity contribution < 1.29 is 9.53 Å². The maximum Gasteiger partial charge on any atom is 0.230 e. The van der Waals surface area contributed by atoms with Crippen molar-refractivity contribution in [2.24, 2.45) is 0 Å². The van der Waals surface area contributed by atoms with Crippen LogP contribution in [0.25, 0.3) is 0 Å².